The molecule has 44 valence electrons. The first-order chi connectivity index (χ1) is 3.39. The number of nitrogens with zero attached hydrogens (tertiary/aromatic N) is 2. The van der Waals surface area contributed by atoms with E-state index in [9.17, 15) is 0 Å². The minimum atomic E-state index is 0. The minimum Gasteiger partial charge on any atom is -0.245 e. The van der Waals surface area contributed by atoms with Crippen molar-refractivity contribution < 1.29 is 0 Å². The molecule has 0 amide bonds. The molecule has 2 nitrogen and oxygen atoms in total. The molecular formula is C4H4I2N2. The fourth-order valence-electron chi connectivity index (χ4n) is 0.275. The molecule has 0 radical (unpaired) electrons. The van der Waals surface area contributed by atoms with Gasteiger partial charge in [-0.2, -0.15) is 0 Å². The molecule has 8 heavy (non-hydrogen) atoms. The van der Waals surface area contributed by atoms with Crippen molar-refractivity contribution in [1.82, 2.24) is 9.97 Å². The third-order valence-electron chi connectivity index (χ3n) is 0.546. The number of rotatable bonds is 0. The van der Waals surface area contributed by atoms with Gasteiger partial charge in [-0.3, -0.25) is 0 Å². The lowest BCUT2D eigenvalue weighted by atomic mass is 10.7. The second-order valence-electron chi connectivity index (χ2n) is 1.03. The highest BCUT2D eigenvalue weighted by Crippen LogP contribution is 1.92. The Labute approximate surface area is 78.3 Å². The van der Waals surface area contributed by atoms with Crippen molar-refractivity contribution in [2.45, 2.75) is 0 Å². The van der Waals surface area contributed by atoms with Gasteiger partial charge in [-0.1, -0.05) is 0 Å². The van der Waals surface area contributed by atoms with Crippen LogP contribution in [-0.2, 0) is 0 Å². The monoisotopic (exact) mass is 334 g/mol. The predicted octanol–water partition coefficient (Wildman–Crippen LogP) is 1.70. The zero-order valence-electron chi connectivity index (χ0n) is 3.91. The van der Waals surface area contributed by atoms with Gasteiger partial charge in [-0.05, 0) is 28.7 Å². The molecule has 0 unspecified atom stereocenters. The van der Waals surface area contributed by atoms with Crippen LogP contribution in [0.5, 0.6) is 0 Å². The van der Waals surface area contributed by atoms with Crippen LogP contribution in [0, 0.1) is 3.70 Å². The van der Waals surface area contributed by atoms with E-state index in [2.05, 4.69) is 32.6 Å². The average Bonchev–Trinajstić information content (AvgIpc) is 1.69. The fourth-order valence-corrected chi connectivity index (χ4v) is 0.560. The zero-order chi connectivity index (χ0) is 5.11. The summed E-state index contributed by atoms with van der Waals surface area (Å²) >= 11 is 2.13. The normalized spacial score (nSPS) is 7.62. The largest absolute Gasteiger partial charge is 0.245 e. The van der Waals surface area contributed by atoms with Gasteiger partial charge in [0.15, 0.2) is 0 Å². The highest BCUT2D eigenvalue weighted by molar-refractivity contribution is 14.1. The maximum Gasteiger partial charge on any atom is 0.116 e. The number of halogens is 2. The lowest BCUT2D eigenvalue weighted by molar-refractivity contribution is 1.14. The van der Waals surface area contributed by atoms with E-state index in [1.54, 1.807) is 6.20 Å². The van der Waals surface area contributed by atoms with Crippen molar-refractivity contribution in [2.75, 3.05) is 0 Å². The van der Waals surface area contributed by atoms with Crippen LogP contribution in [0.3, 0.4) is 0 Å². The van der Waals surface area contributed by atoms with Crippen molar-refractivity contribution in [3.05, 3.63) is 22.3 Å². The Morgan fingerprint density at radius 1 is 1.50 bits per heavy atom. The Hall–Kier alpha value is 0.540. The van der Waals surface area contributed by atoms with Gasteiger partial charge in [-0.15, -0.1) is 24.0 Å². The smallest absolute Gasteiger partial charge is 0.116 e. The molecule has 0 spiro atoms. The standard InChI is InChI=1S/C4H3IN2.HI/c5-4-1-2-6-3-7-4;/h1-3H;1H. The van der Waals surface area contributed by atoms with E-state index >= 15 is 0 Å². The van der Waals surface area contributed by atoms with Gasteiger partial charge in [0.05, 0.1) is 0 Å². The van der Waals surface area contributed by atoms with Crippen LogP contribution in [-0.4, -0.2) is 9.97 Å². The summed E-state index contributed by atoms with van der Waals surface area (Å²) in [4.78, 5) is 7.58. The van der Waals surface area contributed by atoms with Crippen molar-refractivity contribution in [3.8, 4) is 0 Å². The van der Waals surface area contributed by atoms with Gasteiger partial charge < -0.3 is 0 Å². The molecule has 1 heterocycles. The van der Waals surface area contributed by atoms with E-state index in [0.717, 1.165) is 3.70 Å². The van der Waals surface area contributed by atoms with Crippen LogP contribution in [0.1, 0.15) is 0 Å². The Kier molecular flexibility index (Phi) is 4.72. The molecule has 1 aromatic heterocycles. The molecular weight excluding hydrogens is 330 g/mol. The predicted molar refractivity (Wildman–Crippen MR) is 50.2 cm³/mol. The SMILES string of the molecule is I.Ic1ccncn1. The second kappa shape index (κ2) is 4.42. The highest BCUT2D eigenvalue weighted by Gasteiger charge is 1.76. The molecule has 0 fully saturated rings. The van der Waals surface area contributed by atoms with Crippen LogP contribution in [0.2, 0.25) is 0 Å². The topological polar surface area (TPSA) is 25.8 Å². The number of hydrogen-bond donors (Lipinski definition) is 0. The van der Waals surface area contributed by atoms with Crippen molar-refractivity contribution >= 4 is 46.6 Å². The highest BCUT2D eigenvalue weighted by atomic mass is 127. The first-order valence-electron chi connectivity index (χ1n) is 1.81. The first-order valence-corrected chi connectivity index (χ1v) is 2.89. The lowest BCUT2D eigenvalue weighted by Gasteiger charge is -1.79. The summed E-state index contributed by atoms with van der Waals surface area (Å²) in [6.45, 7) is 0. The zero-order valence-corrected chi connectivity index (χ0v) is 8.40. The maximum absolute atomic E-state index is 3.85. The van der Waals surface area contributed by atoms with E-state index in [-0.39, 0.29) is 24.0 Å². The van der Waals surface area contributed by atoms with Crippen molar-refractivity contribution in [1.29, 1.82) is 0 Å². The Balaban J connectivity index is 0.000000490. The van der Waals surface area contributed by atoms with Crippen LogP contribution < -0.4 is 0 Å². The summed E-state index contributed by atoms with van der Waals surface area (Å²) in [5.41, 5.74) is 0. The molecule has 1 aromatic rings. The summed E-state index contributed by atoms with van der Waals surface area (Å²) in [7, 11) is 0. The van der Waals surface area contributed by atoms with Gasteiger partial charge in [0, 0.05) is 6.20 Å². The van der Waals surface area contributed by atoms with Crippen LogP contribution in [0.15, 0.2) is 18.6 Å². The van der Waals surface area contributed by atoms with Gasteiger partial charge in [0.2, 0.25) is 0 Å². The van der Waals surface area contributed by atoms with Gasteiger partial charge >= 0.3 is 0 Å². The third-order valence-corrected chi connectivity index (χ3v) is 1.18. The van der Waals surface area contributed by atoms with Crippen LogP contribution in [0.4, 0.5) is 0 Å². The summed E-state index contributed by atoms with van der Waals surface area (Å²) in [5.74, 6) is 0. The average molecular weight is 334 g/mol. The van der Waals surface area contributed by atoms with Gasteiger partial charge in [0.25, 0.3) is 0 Å². The molecule has 0 atom stereocenters. The van der Waals surface area contributed by atoms with E-state index in [1.807, 2.05) is 6.07 Å². The molecule has 0 aliphatic heterocycles. The molecule has 0 bridgehead atoms. The fraction of sp³-hybridized carbons (Fsp3) is 0. The molecule has 0 saturated carbocycles. The van der Waals surface area contributed by atoms with Crippen LogP contribution in [0.25, 0.3) is 0 Å². The van der Waals surface area contributed by atoms with E-state index in [1.165, 1.54) is 6.33 Å². The molecule has 0 aliphatic rings. The van der Waals surface area contributed by atoms with Crippen molar-refractivity contribution in [3.63, 3.8) is 0 Å². The lowest BCUT2D eigenvalue weighted by Crippen LogP contribution is -1.76. The van der Waals surface area contributed by atoms with E-state index in [0.29, 0.717) is 0 Å². The minimum absolute atomic E-state index is 0. The van der Waals surface area contributed by atoms with E-state index in [4.69, 9.17) is 0 Å². The number of aromatic nitrogens is 2. The van der Waals surface area contributed by atoms with Crippen LogP contribution >= 0.6 is 46.6 Å². The molecule has 4 heteroatoms. The molecule has 0 aliphatic carbocycles. The molecule has 1 rings (SSSR count). The summed E-state index contributed by atoms with van der Waals surface area (Å²) < 4.78 is 0.979. The Morgan fingerprint density at radius 3 is 2.50 bits per heavy atom. The quantitative estimate of drug-likeness (QED) is 0.533. The van der Waals surface area contributed by atoms with Crippen molar-refractivity contribution in [2.24, 2.45) is 0 Å². The Morgan fingerprint density at radius 2 is 2.25 bits per heavy atom. The molecule has 0 N–H and O–H groups in total. The first kappa shape index (κ1) is 8.54. The van der Waals surface area contributed by atoms with E-state index < -0.39 is 0 Å². The maximum atomic E-state index is 3.85. The summed E-state index contributed by atoms with van der Waals surface area (Å²) in [5, 5.41) is 0. The molecule has 0 saturated heterocycles. The third kappa shape index (κ3) is 2.75. The van der Waals surface area contributed by atoms with Gasteiger partial charge in [0.1, 0.15) is 10.0 Å². The summed E-state index contributed by atoms with van der Waals surface area (Å²) in [6, 6.07) is 1.85. The second-order valence-corrected chi connectivity index (χ2v) is 2.14. The van der Waals surface area contributed by atoms with Gasteiger partial charge in [-0.25, -0.2) is 9.97 Å². The molecule has 0 aromatic carbocycles. The Bertz CT molecular complexity index is 142. The number of hydrogen-bond acceptors (Lipinski definition) is 2. The summed E-state index contributed by atoms with van der Waals surface area (Å²) in [6.07, 6.45) is 3.25.